The smallest absolute Gasteiger partial charge is 0.454 e. The Balaban J connectivity index is 3.33. The van der Waals surface area contributed by atoms with Gasteiger partial charge in [0, 0.05) is 12.5 Å². The van der Waals surface area contributed by atoms with Gasteiger partial charge in [-0.3, -0.25) is 4.79 Å². The Morgan fingerprint density at radius 2 is 1.76 bits per heavy atom. The molecule has 0 bridgehead atoms. The minimum Gasteiger partial charge on any atom is -0.454 e. The Morgan fingerprint density at radius 3 is 2.19 bits per heavy atom. The molecule has 0 aromatic heterocycles. The summed E-state index contributed by atoms with van der Waals surface area (Å²) in [5, 5.41) is 0. The molecule has 0 aliphatic rings. The average Bonchev–Trinajstić information content (AvgIpc) is 2.37. The fourth-order valence-electron chi connectivity index (χ4n) is 2.45. The summed E-state index contributed by atoms with van der Waals surface area (Å²) in [5.74, 6) is -0.751. The van der Waals surface area contributed by atoms with Gasteiger partial charge < -0.3 is 9.47 Å². The first-order valence-corrected chi connectivity index (χ1v) is 6.70. The number of carbonyl (C=O) groups excluding carboxylic acids is 1. The van der Waals surface area contributed by atoms with E-state index in [-0.39, 0.29) is 5.75 Å². The first-order chi connectivity index (χ1) is 9.65. The number of benzene rings is 1. The van der Waals surface area contributed by atoms with E-state index in [1.807, 2.05) is 13.8 Å². The number of carbonyl (C=O) groups is 1. The van der Waals surface area contributed by atoms with Crippen molar-refractivity contribution in [2.45, 2.75) is 52.5 Å². The highest BCUT2D eigenvalue weighted by atomic mass is 19.4. The molecule has 1 rings (SSSR count). The fourth-order valence-corrected chi connectivity index (χ4v) is 2.45. The van der Waals surface area contributed by atoms with E-state index in [4.69, 9.17) is 4.74 Å². The summed E-state index contributed by atoms with van der Waals surface area (Å²) >= 11 is 0. The van der Waals surface area contributed by atoms with Crippen LogP contribution in [0.3, 0.4) is 0 Å². The van der Waals surface area contributed by atoms with Crippen molar-refractivity contribution in [1.29, 1.82) is 0 Å². The third-order valence-corrected chi connectivity index (χ3v) is 3.48. The molecule has 0 atom stereocenters. The van der Waals surface area contributed by atoms with Crippen molar-refractivity contribution in [1.82, 2.24) is 0 Å². The summed E-state index contributed by atoms with van der Waals surface area (Å²) in [6.45, 7) is 6.46. The molecule has 0 saturated heterocycles. The van der Waals surface area contributed by atoms with Crippen molar-refractivity contribution in [2.75, 3.05) is 0 Å². The largest absolute Gasteiger partial charge is 0.573 e. The zero-order valence-electron chi connectivity index (χ0n) is 12.5. The van der Waals surface area contributed by atoms with Gasteiger partial charge in [0.2, 0.25) is 0 Å². The van der Waals surface area contributed by atoms with Gasteiger partial charge in [0.25, 0.3) is 0 Å². The van der Waals surface area contributed by atoms with Gasteiger partial charge in [0.1, 0.15) is 11.4 Å². The molecular formula is C15H19F3O3. The maximum atomic E-state index is 12.4. The lowest BCUT2D eigenvalue weighted by Gasteiger charge is -2.33. The quantitative estimate of drug-likeness (QED) is 0.753. The highest BCUT2D eigenvalue weighted by Gasteiger charge is 2.36. The van der Waals surface area contributed by atoms with E-state index < -0.39 is 17.9 Å². The second-order valence-electron chi connectivity index (χ2n) is 4.77. The molecule has 0 unspecified atom stereocenters. The van der Waals surface area contributed by atoms with Crippen LogP contribution < -0.4 is 4.74 Å². The van der Waals surface area contributed by atoms with E-state index in [1.54, 1.807) is 6.07 Å². The highest BCUT2D eigenvalue weighted by Crippen LogP contribution is 2.39. The lowest BCUT2D eigenvalue weighted by Crippen LogP contribution is -2.31. The Hall–Kier alpha value is -1.72. The number of halogens is 3. The molecular weight excluding hydrogens is 285 g/mol. The summed E-state index contributed by atoms with van der Waals surface area (Å²) in [5.41, 5.74) is -0.0924. The summed E-state index contributed by atoms with van der Waals surface area (Å²) in [7, 11) is 0. The van der Waals surface area contributed by atoms with Gasteiger partial charge in [-0.2, -0.15) is 0 Å². The maximum absolute atomic E-state index is 12.4. The van der Waals surface area contributed by atoms with Crippen LogP contribution in [-0.4, -0.2) is 12.3 Å². The Bertz CT molecular complexity index is 505. The zero-order valence-corrected chi connectivity index (χ0v) is 12.5. The Kier molecular flexibility index (Phi) is 5.25. The number of ether oxygens (including phenoxy) is 2. The third kappa shape index (κ3) is 4.12. The average molecular weight is 304 g/mol. The number of esters is 1. The Labute approximate surface area is 122 Å². The predicted molar refractivity (Wildman–Crippen MR) is 71.9 cm³/mol. The topological polar surface area (TPSA) is 35.5 Å². The zero-order chi connectivity index (χ0) is 16.3. The molecule has 1 aromatic rings. The molecule has 0 fully saturated rings. The van der Waals surface area contributed by atoms with Crippen LogP contribution in [0.25, 0.3) is 0 Å². The molecule has 3 nitrogen and oxygen atoms in total. The molecule has 0 saturated carbocycles. The maximum Gasteiger partial charge on any atom is 0.573 e. The molecule has 1 aromatic carbocycles. The van der Waals surface area contributed by atoms with Crippen LogP contribution in [0, 0.1) is 6.92 Å². The summed E-state index contributed by atoms with van der Waals surface area (Å²) < 4.78 is 46.7. The lowest BCUT2D eigenvalue weighted by atomic mass is 9.85. The van der Waals surface area contributed by atoms with Crippen LogP contribution in [0.15, 0.2) is 18.2 Å². The predicted octanol–water partition coefficient (Wildman–Crippen LogP) is 4.47. The number of hydrogen-bond acceptors (Lipinski definition) is 3. The minimum absolute atomic E-state index is 0.279. The van der Waals surface area contributed by atoms with Crippen molar-refractivity contribution in [3.63, 3.8) is 0 Å². The lowest BCUT2D eigenvalue weighted by molar-refractivity contribution is -0.274. The number of rotatable bonds is 5. The van der Waals surface area contributed by atoms with Crippen LogP contribution in [0.1, 0.15) is 44.7 Å². The van der Waals surface area contributed by atoms with Gasteiger partial charge in [0.05, 0.1) is 0 Å². The van der Waals surface area contributed by atoms with E-state index in [9.17, 15) is 18.0 Å². The summed E-state index contributed by atoms with van der Waals surface area (Å²) in [6, 6.07) is 4.37. The van der Waals surface area contributed by atoms with Crippen LogP contribution in [0.5, 0.6) is 5.75 Å². The van der Waals surface area contributed by atoms with Gasteiger partial charge in [-0.1, -0.05) is 26.0 Å². The molecule has 118 valence electrons. The SMILES string of the molecule is CCC(CC)(OC(C)=O)c1cccc(OC(F)(F)F)c1C. The third-order valence-electron chi connectivity index (χ3n) is 3.48. The van der Waals surface area contributed by atoms with E-state index >= 15 is 0 Å². The molecule has 0 aliphatic carbocycles. The normalized spacial score (nSPS) is 12.1. The van der Waals surface area contributed by atoms with Crippen LogP contribution in [-0.2, 0) is 15.1 Å². The number of hydrogen-bond donors (Lipinski definition) is 0. The monoisotopic (exact) mass is 304 g/mol. The molecule has 0 amide bonds. The van der Waals surface area contributed by atoms with Gasteiger partial charge >= 0.3 is 12.3 Å². The van der Waals surface area contributed by atoms with Gasteiger partial charge in [0.15, 0.2) is 0 Å². The molecule has 0 heterocycles. The van der Waals surface area contributed by atoms with Crippen molar-refractivity contribution < 1.29 is 27.4 Å². The first kappa shape index (κ1) is 17.3. The van der Waals surface area contributed by atoms with Gasteiger partial charge in [-0.05, 0) is 31.4 Å². The number of alkyl halides is 3. The molecule has 0 spiro atoms. The van der Waals surface area contributed by atoms with Crippen LogP contribution in [0.2, 0.25) is 0 Å². The van der Waals surface area contributed by atoms with Crippen molar-refractivity contribution in [3.8, 4) is 5.75 Å². The van der Waals surface area contributed by atoms with Crippen LogP contribution in [0.4, 0.5) is 13.2 Å². The second-order valence-corrected chi connectivity index (χ2v) is 4.77. The second kappa shape index (κ2) is 6.37. The first-order valence-electron chi connectivity index (χ1n) is 6.70. The molecule has 21 heavy (non-hydrogen) atoms. The van der Waals surface area contributed by atoms with Crippen molar-refractivity contribution in [2.24, 2.45) is 0 Å². The molecule has 0 aliphatic heterocycles. The van der Waals surface area contributed by atoms with Gasteiger partial charge in [-0.25, -0.2) is 0 Å². The highest BCUT2D eigenvalue weighted by molar-refractivity contribution is 5.67. The van der Waals surface area contributed by atoms with E-state index in [0.717, 1.165) is 0 Å². The Morgan fingerprint density at radius 1 is 1.19 bits per heavy atom. The summed E-state index contributed by atoms with van der Waals surface area (Å²) in [4.78, 5) is 11.3. The molecule has 0 radical (unpaired) electrons. The van der Waals surface area contributed by atoms with E-state index in [2.05, 4.69) is 4.74 Å². The summed E-state index contributed by atoms with van der Waals surface area (Å²) in [6.07, 6.45) is -3.84. The standard InChI is InChI=1S/C15H19F3O3/c1-5-14(6-2,20-11(4)19)12-8-7-9-13(10(12)3)21-15(16,17)18/h7-9H,5-6H2,1-4H3. The fraction of sp³-hybridized carbons (Fsp3) is 0.533. The van der Waals surface area contributed by atoms with Crippen molar-refractivity contribution in [3.05, 3.63) is 29.3 Å². The van der Waals surface area contributed by atoms with E-state index in [0.29, 0.717) is 24.0 Å². The van der Waals surface area contributed by atoms with E-state index in [1.165, 1.54) is 26.0 Å². The molecule has 6 heteroatoms. The van der Waals surface area contributed by atoms with Gasteiger partial charge in [-0.15, -0.1) is 13.2 Å². The van der Waals surface area contributed by atoms with Crippen molar-refractivity contribution >= 4 is 5.97 Å². The minimum atomic E-state index is -4.76. The van der Waals surface area contributed by atoms with Crippen LogP contribution >= 0.6 is 0 Å². The molecule has 0 N–H and O–H groups in total.